The molecule has 0 saturated heterocycles. The van der Waals surface area contributed by atoms with Crippen LogP contribution in [0.2, 0.25) is 0 Å². The largest absolute Gasteiger partial charge is 0.494 e. The molecular weight excluding hydrogens is 398 g/mol. The number of nitrogens with zero attached hydrogens (tertiary/aromatic N) is 1. The van der Waals surface area contributed by atoms with Crippen molar-refractivity contribution in [2.45, 2.75) is 57.8 Å². The minimum Gasteiger partial charge on any atom is -0.494 e. The van der Waals surface area contributed by atoms with E-state index in [2.05, 4.69) is 6.07 Å². The molecule has 0 spiro atoms. The number of ether oxygens (including phenoxy) is 1. The molecule has 0 aromatic heterocycles. The van der Waals surface area contributed by atoms with Gasteiger partial charge in [0.1, 0.15) is 5.75 Å². The van der Waals surface area contributed by atoms with E-state index in [1.54, 1.807) is 0 Å². The lowest BCUT2D eigenvalue weighted by Crippen LogP contribution is -2.03. The Morgan fingerprint density at radius 1 is 0.733 bits per heavy atom. The lowest BCUT2D eigenvalue weighted by Gasteiger charge is -2.08. The molecule has 162 valence electrons. The Labute approximate surface area is 180 Å². The Hall–Kier alpha value is -2.36. The van der Waals surface area contributed by atoms with E-state index in [9.17, 15) is 8.42 Å². The third-order valence-electron chi connectivity index (χ3n) is 5.02. The molecule has 0 saturated carbocycles. The molecule has 6 heteroatoms. The second-order valence-corrected chi connectivity index (χ2v) is 9.10. The summed E-state index contributed by atoms with van der Waals surface area (Å²) in [4.78, 5) is 0. The van der Waals surface area contributed by atoms with Crippen LogP contribution in [0.25, 0.3) is 11.1 Å². The predicted octanol–water partition coefficient (Wildman–Crippen LogP) is 6.00. The summed E-state index contributed by atoms with van der Waals surface area (Å²) in [5.74, 6) is 0.753. The molecule has 2 aromatic rings. The van der Waals surface area contributed by atoms with Crippen LogP contribution < -0.4 is 4.74 Å². The summed E-state index contributed by atoms with van der Waals surface area (Å²) in [6, 6.07) is 17.7. The van der Waals surface area contributed by atoms with Gasteiger partial charge in [-0.3, -0.25) is 4.55 Å². The molecule has 0 atom stereocenters. The van der Waals surface area contributed by atoms with Crippen molar-refractivity contribution in [3.05, 3.63) is 54.1 Å². The topological polar surface area (TPSA) is 87.4 Å². The molecular formula is C24H31NO4S. The van der Waals surface area contributed by atoms with E-state index >= 15 is 0 Å². The fraction of sp³-hybridized carbons (Fsp3) is 0.458. The first-order valence-electron chi connectivity index (χ1n) is 10.7. The highest BCUT2D eigenvalue weighted by Crippen LogP contribution is 2.23. The van der Waals surface area contributed by atoms with Crippen molar-refractivity contribution in [2.75, 3.05) is 12.4 Å². The van der Waals surface area contributed by atoms with Crippen molar-refractivity contribution in [2.24, 2.45) is 0 Å². The minimum atomic E-state index is -3.79. The van der Waals surface area contributed by atoms with E-state index in [0.717, 1.165) is 49.0 Å². The summed E-state index contributed by atoms with van der Waals surface area (Å²) < 4.78 is 35.7. The molecule has 5 nitrogen and oxygen atoms in total. The standard InChI is InChI=1S/C24H31NO4S/c25-20-21-10-12-22(13-11-21)23-14-16-24(17-15-23)29-18-8-6-4-2-1-3-5-7-9-19-30(26,27)28/h10-17H,1-9,18-19H2,(H,26,27,28). The third kappa shape index (κ3) is 9.91. The van der Waals surface area contributed by atoms with Crippen molar-refractivity contribution in [3.8, 4) is 22.9 Å². The van der Waals surface area contributed by atoms with Gasteiger partial charge >= 0.3 is 0 Å². The maximum absolute atomic E-state index is 10.6. The lowest BCUT2D eigenvalue weighted by atomic mass is 10.0. The molecule has 0 aliphatic carbocycles. The molecule has 0 aliphatic heterocycles. The van der Waals surface area contributed by atoms with Crippen molar-refractivity contribution in [1.29, 1.82) is 5.26 Å². The third-order valence-corrected chi connectivity index (χ3v) is 5.82. The first kappa shape index (κ1) is 23.9. The summed E-state index contributed by atoms with van der Waals surface area (Å²) in [5, 5.41) is 8.87. The van der Waals surface area contributed by atoms with Crippen molar-refractivity contribution in [3.63, 3.8) is 0 Å². The van der Waals surface area contributed by atoms with Gasteiger partial charge in [0, 0.05) is 0 Å². The number of nitriles is 1. The Morgan fingerprint density at radius 3 is 1.70 bits per heavy atom. The van der Waals surface area contributed by atoms with Gasteiger partial charge in [-0.15, -0.1) is 0 Å². The van der Waals surface area contributed by atoms with Gasteiger partial charge in [-0.05, 0) is 48.2 Å². The zero-order chi connectivity index (χ0) is 21.7. The first-order chi connectivity index (χ1) is 14.5. The van der Waals surface area contributed by atoms with Crippen LogP contribution in [0.15, 0.2) is 48.5 Å². The van der Waals surface area contributed by atoms with Gasteiger partial charge in [0.25, 0.3) is 10.1 Å². The second-order valence-electron chi connectivity index (χ2n) is 7.53. The molecule has 2 aromatic carbocycles. The number of hydrogen-bond acceptors (Lipinski definition) is 4. The average Bonchev–Trinajstić information content (AvgIpc) is 2.74. The highest BCUT2D eigenvalue weighted by Gasteiger charge is 2.03. The van der Waals surface area contributed by atoms with Crippen LogP contribution in [0.1, 0.15) is 63.4 Å². The summed E-state index contributed by atoms with van der Waals surface area (Å²) in [5.41, 5.74) is 2.85. The fourth-order valence-electron chi connectivity index (χ4n) is 3.29. The second kappa shape index (κ2) is 13.0. The molecule has 0 bridgehead atoms. The van der Waals surface area contributed by atoms with E-state index < -0.39 is 10.1 Å². The van der Waals surface area contributed by atoms with Crippen molar-refractivity contribution >= 4 is 10.1 Å². The molecule has 1 N–H and O–H groups in total. The molecule has 30 heavy (non-hydrogen) atoms. The number of unbranched alkanes of at least 4 members (excludes halogenated alkanes) is 8. The number of benzene rings is 2. The van der Waals surface area contributed by atoms with Gasteiger partial charge in [0.15, 0.2) is 0 Å². The average molecular weight is 430 g/mol. The highest BCUT2D eigenvalue weighted by molar-refractivity contribution is 7.85. The fourth-order valence-corrected chi connectivity index (χ4v) is 3.86. The number of hydrogen-bond donors (Lipinski definition) is 1. The summed E-state index contributed by atoms with van der Waals surface area (Å²) >= 11 is 0. The zero-order valence-electron chi connectivity index (χ0n) is 17.4. The quantitative estimate of drug-likeness (QED) is 0.294. The molecule has 2 rings (SSSR count). The zero-order valence-corrected chi connectivity index (χ0v) is 18.2. The molecule has 0 aliphatic rings. The molecule has 0 heterocycles. The lowest BCUT2D eigenvalue weighted by molar-refractivity contribution is 0.304. The van der Waals surface area contributed by atoms with Gasteiger partial charge in [0.05, 0.1) is 24.0 Å². The van der Waals surface area contributed by atoms with Crippen LogP contribution in [0.5, 0.6) is 5.75 Å². The monoisotopic (exact) mass is 429 g/mol. The van der Waals surface area contributed by atoms with Crippen molar-refractivity contribution < 1.29 is 17.7 Å². The van der Waals surface area contributed by atoms with Gasteiger partial charge in [-0.1, -0.05) is 69.2 Å². The highest BCUT2D eigenvalue weighted by atomic mass is 32.2. The normalized spacial score (nSPS) is 11.2. The SMILES string of the molecule is N#Cc1ccc(-c2ccc(OCCCCCCCCCCCS(=O)(=O)O)cc2)cc1. The summed E-state index contributed by atoms with van der Waals surface area (Å²) in [7, 11) is -3.79. The maximum Gasteiger partial charge on any atom is 0.264 e. The minimum absolute atomic E-state index is 0.120. The van der Waals surface area contributed by atoms with Crippen LogP contribution in [0.3, 0.4) is 0 Å². The van der Waals surface area contributed by atoms with Gasteiger partial charge in [-0.2, -0.15) is 13.7 Å². The predicted molar refractivity (Wildman–Crippen MR) is 120 cm³/mol. The van der Waals surface area contributed by atoms with Crippen LogP contribution in [0, 0.1) is 11.3 Å². The Morgan fingerprint density at radius 2 is 1.20 bits per heavy atom. The smallest absolute Gasteiger partial charge is 0.264 e. The van der Waals surface area contributed by atoms with E-state index in [1.807, 2.05) is 48.5 Å². The Kier molecular flexibility index (Phi) is 10.4. The Bertz CT molecular complexity index is 884. The van der Waals surface area contributed by atoms with Crippen LogP contribution in [-0.2, 0) is 10.1 Å². The summed E-state index contributed by atoms with van der Waals surface area (Å²) in [6.07, 6.45) is 9.28. The maximum atomic E-state index is 10.6. The molecule has 0 radical (unpaired) electrons. The molecule has 0 amide bonds. The Balaban J connectivity index is 1.50. The van der Waals surface area contributed by atoms with Crippen molar-refractivity contribution in [1.82, 2.24) is 0 Å². The van der Waals surface area contributed by atoms with Gasteiger partial charge < -0.3 is 4.74 Å². The van der Waals surface area contributed by atoms with Crippen LogP contribution in [-0.4, -0.2) is 25.3 Å². The number of rotatable bonds is 14. The van der Waals surface area contributed by atoms with Crippen LogP contribution >= 0.6 is 0 Å². The van der Waals surface area contributed by atoms with Gasteiger partial charge in [-0.25, -0.2) is 0 Å². The molecule has 0 unspecified atom stereocenters. The first-order valence-corrected chi connectivity index (χ1v) is 12.3. The van der Waals surface area contributed by atoms with Crippen LogP contribution in [0.4, 0.5) is 0 Å². The molecule has 0 fully saturated rings. The van der Waals surface area contributed by atoms with E-state index in [-0.39, 0.29) is 5.75 Å². The van der Waals surface area contributed by atoms with E-state index in [0.29, 0.717) is 18.6 Å². The van der Waals surface area contributed by atoms with Gasteiger partial charge in [0.2, 0.25) is 0 Å². The van der Waals surface area contributed by atoms with E-state index in [1.165, 1.54) is 19.3 Å². The van der Waals surface area contributed by atoms with E-state index in [4.69, 9.17) is 14.6 Å². The summed E-state index contributed by atoms with van der Waals surface area (Å²) in [6.45, 7) is 0.714.